The molecule has 1 aromatic rings. The van der Waals surface area contributed by atoms with Crippen LogP contribution in [0.5, 0.6) is 0 Å². The summed E-state index contributed by atoms with van der Waals surface area (Å²) in [6.45, 7) is 6.26. The topological polar surface area (TPSA) is 26.0 Å². The van der Waals surface area contributed by atoms with E-state index in [4.69, 9.17) is 5.73 Å². The zero-order valence-corrected chi connectivity index (χ0v) is 11.2. The largest absolute Gasteiger partial charge is 0.324 e. The first-order chi connectivity index (χ1) is 8.08. The molecule has 96 valence electrons. The average molecular weight is 237 g/mol. The molecule has 0 heterocycles. The molecule has 0 amide bonds. The van der Waals surface area contributed by atoms with Crippen LogP contribution in [0.3, 0.4) is 0 Å². The van der Waals surface area contributed by atoms with E-state index in [0.29, 0.717) is 5.92 Å². The molecule has 0 fully saturated rings. The molecule has 0 bridgehead atoms. The Morgan fingerprint density at radius 3 is 2.18 bits per heavy atom. The smallest absolute Gasteiger partial charge is 0.123 e. The number of benzene rings is 1. The van der Waals surface area contributed by atoms with Crippen molar-refractivity contribution in [3.63, 3.8) is 0 Å². The highest BCUT2D eigenvalue weighted by molar-refractivity contribution is 5.26. The third-order valence-corrected chi connectivity index (χ3v) is 3.28. The van der Waals surface area contributed by atoms with Gasteiger partial charge >= 0.3 is 0 Å². The second-order valence-electron chi connectivity index (χ2n) is 4.93. The lowest BCUT2D eigenvalue weighted by atomic mass is 9.86. The van der Waals surface area contributed by atoms with E-state index in [-0.39, 0.29) is 11.9 Å². The van der Waals surface area contributed by atoms with Crippen molar-refractivity contribution in [3.05, 3.63) is 35.1 Å². The molecule has 0 radical (unpaired) electrons. The molecule has 1 rings (SSSR count). The zero-order valence-electron chi connectivity index (χ0n) is 11.2. The van der Waals surface area contributed by atoms with Crippen molar-refractivity contribution in [1.29, 1.82) is 0 Å². The van der Waals surface area contributed by atoms with Gasteiger partial charge in [0.15, 0.2) is 0 Å². The Hall–Kier alpha value is -0.890. The van der Waals surface area contributed by atoms with E-state index in [1.807, 2.05) is 13.0 Å². The quantitative estimate of drug-likeness (QED) is 0.782. The van der Waals surface area contributed by atoms with Crippen molar-refractivity contribution in [1.82, 2.24) is 0 Å². The molecule has 2 heteroatoms. The first-order valence-corrected chi connectivity index (χ1v) is 6.61. The predicted molar refractivity (Wildman–Crippen MR) is 71.4 cm³/mol. The van der Waals surface area contributed by atoms with Gasteiger partial charge in [0.2, 0.25) is 0 Å². The summed E-state index contributed by atoms with van der Waals surface area (Å²) in [6, 6.07) is 5.09. The summed E-state index contributed by atoms with van der Waals surface area (Å²) < 4.78 is 13.4. The maximum atomic E-state index is 13.4. The van der Waals surface area contributed by atoms with E-state index in [0.717, 1.165) is 36.8 Å². The maximum absolute atomic E-state index is 13.4. The molecule has 1 aromatic carbocycles. The van der Waals surface area contributed by atoms with E-state index in [9.17, 15) is 4.39 Å². The molecule has 1 unspecified atom stereocenters. The minimum absolute atomic E-state index is 0.0377. The molecule has 0 saturated carbocycles. The monoisotopic (exact) mass is 237 g/mol. The van der Waals surface area contributed by atoms with Crippen LogP contribution in [-0.4, -0.2) is 0 Å². The van der Waals surface area contributed by atoms with Crippen LogP contribution < -0.4 is 5.73 Å². The minimum atomic E-state index is -0.179. The van der Waals surface area contributed by atoms with Crippen molar-refractivity contribution in [2.24, 2.45) is 11.7 Å². The molecule has 0 aliphatic rings. The number of hydrogen-bond acceptors (Lipinski definition) is 1. The second kappa shape index (κ2) is 6.75. The minimum Gasteiger partial charge on any atom is -0.324 e. The number of hydrogen-bond donors (Lipinski definition) is 1. The summed E-state index contributed by atoms with van der Waals surface area (Å²) in [5.74, 6) is 0.286. The van der Waals surface area contributed by atoms with Gasteiger partial charge in [-0.3, -0.25) is 0 Å². The van der Waals surface area contributed by atoms with Crippen molar-refractivity contribution >= 4 is 0 Å². The number of rotatable bonds is 6. The lowest BCUT2D eigenvalue weighted by Crippen LogP contribution is -2.21. The van der Waals surface area contributed by atoms with Gasteiger partial charge in [-0.15, -0.1) is 0 Å². The molecule has 0 saturated heterocycles. The van der Waals surface area contributed by atoms with Crippen LogP contribution in [0.2, 0.25) is 0 Å². The molecule has 0 aliphatic heterocycles. The predicted octanol–water partition coefficient (Wildman–Crippen LogP) is 4.35. The van der Waals surface area contributed by atoms with Crippen LogP contribution in [0, 0.1) is 18.7 Å². The van der Waals surface area contributed by atoms with Gasteiger partial charge in [0, 0.05) is 6.04 Å². The molecule has 0 aromatic heterocycles. The van der Waals surface area contributed by atoms with Crippen molar-refractivity contribution in [2.45, 2.75) is 52.5 Å². The molecule has 1 nitrogen and oxygen atoms in total. The average Bonchev–Trinajstić information content (AvgIpc) is 2.26. The Morgan fingerprint density at radius 1 is 1.12 bits per heavy atom. The van der Waals surface area contributed by atoms with E-state index in [1.165, 1.54) is 0 Å². The molecular weight excluding hydrogens is 213 g/mol. The fraction of sp³-hybridized carbons (Fsp3) is 0.600. The van der Waals surface area contributed by atoms with E-state index in [1.54, 1.807) is 12.1 Å². The third kappa shape index (κ3) is 4.12. The van der Waals surface area contributed by atoms with Gasteiger partial charge in [-0.25, -0.2) is 4.39 Å². The van der Waals surface area contributed by atoms with Crippen molar-refractivity contribution in [3.8, 4) is 0 Å². The standard InChI is InChI=1S/C15H24FN/c1-4-6-12(7-5-2)15(17)13-8-11(3)9-14(16)10-13/h8-10,12,15H,4-7,17H2,1-3H3. The Balaban J connectivity index is 2.87. The summed E-state index contributed by atoms with van der Waals surface area (Å²) in [7, 11) is 0. The van der Waals surface area contributed by atoms with Crippen LogP contribution in [0.25, 0.3) is 0 Å². The fourth-order valence-electron chi connectivity index (χ4n) is 2.47. The molecule has 17 heavy (non-hydrogen) atoms. The summed E-state index contributed by atoms with van der Waals surface area (Å²) in [4.78, 5) is 0. The Kier molecular flexibility index (Phi) is 5.63. The molecule has 1 atom stereocenters. The number of aryl methyl sites for hydroxylation is 1. The van der Waals surface area contributed by atoms with Crippen LogP contribution in [-0.2, 0) is 0 Å². The lowest BCUT2D eigenvalue weighted by molar-refractivity contribution is 0.368. The summed E-state index contributed by atoms with van der Waals surface area (Å²) in [6.07, 6.45) is 4.49. The van der Waals surface area contributed by atoms with Crippen LogP contribution in [0.4, 0.5) is 4.39 Å². The Bertz CT molecular complexity index is 323. The maximum Gasteiger partial charge on any atom is 0.123 e. The van der Waals surface area contributed by atoms with E-state index >= 15 is 0 Å². The second-order valence-corrected chi connectivity index (χ2v) is 4.93. The molecule has 2 N–H and O–H groups in total. The first kappa shape index (κ1) is 14.2. The van der Waals surface area contributed by atoms with Crippen LogP contribution >= 0.6 is 0 Å². The van der Waals surface area contributed by atoms with Gasteiger partial charge in [0.05, 0.1) is 0 Å². The highest BCUT2D eigenvalue weighted by Gasteiger charge is 2.18. The lowest BCUT2D eigenvalue weighted by Gasteiger charge is -2.24. The van der Waals surface area contributed by atoms with E-state index in [2.05, 4.69) is 13.8 Å². The highest BCUT2D eigenvalue weighted by atomic mass is 19.1. The summed E-state index contributed by atoms with van der Waals surface area (Å²) in [5.41, 5.74) is 8.17. The SMILES string of the molecule is CCCC(CCC)C(N)c1cc(C)cc(F)c1. The van der Waals surface area contributed by atoms with Crippen molar-refractivity contribution in [2.75, 3.05) is 0 Å². The first-order valence-electron chi connectivity index (χ1n) is 6.61. The molecule has 0 aliphatic carbocycles. The number of nitrogens with two attached hydrogens (primary N) is 1. The Morgan fingerprint density at radius 2 is 1.71 bits per heavy atom. The van der Waals surface area contributed by atoms with Crippen LogP contribution in [0.1, 0.15) is 56.7 Å². The zero-order chi connectivity index (χ0) is 12.8. The highest BCUT2D eigenvalue weighted by Crippen LogP contribution is 2.28. The normalized spacial score (nSPS) is 13.1. The fourth-order valence-corrected chi connectivity index (χ4v) is 2.47. The van der Waals surface area contributed by atoms with Gasteiger partial charge in [0.25, 0.3) is 0 Å². The van der Waals surface area contributed by atoms with Gasteiger partial charge in [-0.2, -0.15) is 0 Å². The molecule has 0 spiro atoms. The Labute approximate surface area is 104 Å². The van der Waals surface area contributed by atoms with Crippen molar-refractivity contribution < 1.29 is 4.39 Å². The molecular formula is C15H24FN. The third-order valence-electron chi connectivity index (χ3n) is 3.28. The van der Waals surface area contributed by atoms with Gasteiger partial charge in [0.1, 0.15) is 5.82 Å². The van der Waals surface area contributed by atoms with Gasteiger partial charge in [-0.05, 0) is 48.9 Å². The number of halogens is 1. The van der Waals surface area contributed by atoms with Gasteiger partial charge in [-0.1, -0.05) is 32.8 Å². The van der Waals surface area contributed by atoms with Gasteiger partial charge < -0.3 is 5.73 Å². The summed E-state index contributed by atoms with van der Waals surface area (Å²) in [5, 5.41) is 0. The summed E-state index contributed by atoms with van der Waals surface area (Å²) >= 11 is 0. The van der Waals surface area contributed by atoms with E-state index < -0.39 is 0 Å². The van der Waals surface area contributed by atoms with Crippen LogP contribution in [0.15, 0.2) is 18.2 Å².